The lowest BCUT2D eigenvalue weighted by atomic mass is 10.2. The Kier molecular flexibility index (Phi) is 3.09. The molecule has 3 rings (SSSR count). The predicted octanol–water partition coefficient (Wildman–Crippen LogP) is 4.30. The average Bonchev–Trinajstić information content (AvgIpc) is 2.45. The van der Waals surface area contributed by atoms with E-state index in [0.29, 0.717) is 10.1 Å². The molecular formula is C15H10BrNO2. The number of benzene rings is 2. The largest absolute Gasteiger partial charge is 0.422 e. The molecule has 0 aliphatic carbocycles. The molecule has 0 unspecified atom stereocenters. The topological polar surface area (TPSA) is 42.2 Å². The van der Waals surface area contributed by atoms with E-state index < -0.39 is 5.63 Å². The molecule has 0 saturated carbocycles. The Labute approximate surface area is 118 Å². The molecule has 0 fully saturated rings. The number of para-hydroxylation sites is 2. The summed E-state index contributed by atoms with van der Waals surface area (Å²) in [6.45, 7) is 0. The van der Waals surface area contributed by atoms with Crippen molar-refractivity contribution in [3.8, 4) is 0 Å². The summed E-state index contributed by atoms with van der Waals surface area (Å²) in [6.07, 6.45) is 0. The molecule has 1 heterocycles. The van der Waals surface area contributed by atoms with E-state index >= 15 is 0 Å². The van der Waals surface area contributed by atoms with Crippen molar-refractivity contribution in [3.05, 3.63) is 69.5 Å². The molecule has 1 aromatic heterocycles. The van der Waals surface area contributed by atoms with E-state index in [1.165, 1.54) is 0 Å². The van der Waals surface area contributed by atoms with Gasteiger partial charge in [0.15, 0.2) is 0 Å². The van der Waals surface area contributed by atoms with E-state index in [2.05, 4.69) is 21.2 Å². The molecule has 3 nitrogen and oxygen atoms in total. The van der Waals surface area contributed by atoms with Crippen LogP contribution in [0.25, 0.3) is 11.0 Å². The van der Waals surface area contributed by atoms with Gasteiger partial charge in [0.2, 0.25) is 0 Å². The van der Waals surface area contributed by atoms with Gasteiger partial charge in [-0.1, -0.05) is 30.3 Å². The zero-order valence-electron chi connectivity index (χ0n) is 9.89. The predicted molar refractivity (Wildman–Crippen MR) is 79.9 cm³/mol. The van der Waals surface area contributed by atoms with Gasteiger partial charge in [0, 0.05) is 11.1 Å². The van der Waals surface area contributed by atoms with Crippen molar-refractivity contribution in [2.45, 2.75) is 0 Å². The van der Waals surface area contributed by atoms with Gasteiger partial charge < -0.3 is 9.73 Å². The number of hydrogen-bond acceptors (Lipinski definition) is 3. The molecule has 0 bridgehead atoms. The number of halogens is 1. The summed E-state index contributed by atoms with van der Waals surface area (Å²) in [4.78, 5) is 11.8. The van der Waals surface area contributed by atoms with Gasteiger partial charge in [-0.25, -0.2) is 4.79 Å². The third kappa shape index (κ3) is 2.27. The second kappa shape index (κ2) is 4.90. The highest BCUT2D eigenvalue weighted by molar-refractivity contribution is 9.10. The third-order valence-electron chi connectivity index (χ3n) is 2.80. The minimum atomic E-state index is -0.392. The van der Waals surface area contributed by atoms with Gasteiger partial charge in [0.25, 0.3) is 0 Å². The van der Waals surface area contributed by atoms with Crippen LogP contribution in [0.1, 0.15) is 0 Å². The fraction of sp³-hybridized carbons (Fsp3) is 0. The van der Waals surface area contributed by atoms with Gasteiger partial charge in [0.05, 0.1) is 5.69 Å². The Bertz CT molecular complexity index is 781. The van der Waals surface area contributed by atoms with Crippen LogP contribution in [0, 0.1) is 0 Å². The van der Waals surface area contributed by atoms with Crippen LogP contribution in [0.3, 0.4) is 0 Å². The normalized spacial score (nSPS) is 10.6. The standard InChI is InChI=1S/C15H10BrNO2/c16-13-14(17-10-6-2-1-3-7-10)11-8-4-5-9-12(11)19-15(13)18/h1-9,17H. The highest BCUT2D eigenvalue weighted by Gasteiger charge is 2.11. The summed E-state index contributed by atoms with van der Waals surface area (Å²) in [5, 5.41) is 4.11. The summed E-state index contributed by atoms with van der Waals surface area (Å²) in [7, 11) is 0. The van der Waals surface area contributed by atoms with Crippen LogP contribution in [-0.4, -0.2) is 0 Å². The summed E-state index contributed by atoms with van der Waals surface area (Å²) in [6, 6.07) is 17.1. The van der Waals surface area contributed by atoms with E-state index in [1.807, 2.05) is 48.5 Å². The number of fused-ring (bicyclic) bond motifs is 1. The molecule has 0 radical (unpaired) electrons. The zero-order chi connectivity index (χ0) is 13.2. The van der Waals surface area contributed by atoms with E-state index in [0.717, 1.165) is 16.8 Å². The van der Waals surface area contributed by atoms with E-state index in [1.54, 1.807) is 6.07 Å². The van der Waals surface area contributed by atoms with Crippen molar-refractivity contribution in [2.24, 2.45) is 0 Å². The molecule has 2 aromatic carbocycles. The lowest BCUT2D eigenvalue weighted by Gasteiger charge is -2.10. The molecule has 3 aromatic rings. The second-order valence-corrected chi connectivity index (χ2v) is 4.86. The monoisotopic (exact) mass is 315 g/mol. The minimum Gasteiger partial charge on any atom is -0.422 e. The molecule has 4 heteroatoms. The summed E-state index contributed by atoms with van der Waals surface area (Å²) < 4.78 is 5.63. The fourth-order valence-corrected chi connectivity index (χ4v) is 2.31. The highest BCUT2D eigenvalue weighted by atomic mass is 79.9. The Balaban J connectivity index is 2.22. The third-order valence-corrected chi connectivity index (χ3v) is 3.52. The van der Waals surface area contributed by atoms with Crippen LogP contribution in [0.5, 0.6) is 0 Å². The molecule has 0 saturated heterocycles. The second-order valence-electron chi connectivity index (χ2n) is 4.07. The van der Waals surface area contributed by atoms with Gasteiger partial charge >= 0.3 is 5.63 Å². The molecule has 19 heavy (non-hydrogen) atoms. The van der Waals surface area contributed by atoms with Gasteiger partial charge in [-0.05, 0) is 40.2 Å². The summed E-state index contributed by atoms with van der Waals surface area (Å²) in [5.74, 6) is 0. The molecule has 94 valence electrons. The van der Waals surface area contributed by atoms with Crippen LogP contribution < -0.4 is 10.9 Å². The first-order valence-corrected chi connectivity index (χ1v) is 6.58. The number of hydrogen-bond donors (Lipinski definition) is 1. The maximum atomic E-state index is 11.8. The first-order chi connectivity index (χ1) is 9.25. The van der Waals surface area contributed by atoms with E-state index in [4.69, 9.17) is 4.42 Å². The Hall–Kier alpha value is -2.07. The van der Waals surface area contributed by atoms with Crippen molar-refractivity contribution in [2.75, 3.05) is 5.32 Å². The molecule has 1 N–H and O–H groups in total. The fourth-order valence-electron chi connectivity index (χ4n) is 1.92. The first-order valence-electron chi connectivity index (χ1n) is 5.79. The molecule has 0 spiro atoms. The maximum absolute atomic E-state index is 11.8. The number of anilines is 2. The van der Waals surface area contributed by atoms with Crippen molar-refractivity contribution in [3.63, 3.8) is 0 Å². The van der Waals surface area contributed by atoms with Crippen LogP contribution in [0.15, 0.2) is 68.3 Å². The molecule has 0 atom stereocenters. The van der Waals surface area contributed by atoms with Crippen molar-refractivity contribution in [1.29, 1.82) is 0 Å². The van der Waals surface area contributed by atoms with Crippen LogP contribution in [0.2, 0.25) is 0 Å². The van der Waals surface area contributed by atoms with Crippen molar-refractivity contribution < 1.29 is 4.42 Å². The molecule has 0 aliphatic rings. The Morgan fingerprint density at radius 2 is 1.63 bits per heavy atom. The first kappa shape index (κ1) is 12.0. The SMILES string of the molecule is O=c1oc2ccccc2c(Nc2ccccc2)c1Br. The number of rotatable bonds is 2. The number of nitrogens with one attached hydrogen (secondary N) is 1. The molecule has 0 aliphatic heterocycles. The van der Waals surface area contributed by atoms with Crippen LogP contribution >= 0.6 is 15.9 Å². The smallest absolute Gasteiger partial charge is 0.352 e. The van der Waals surface area contributed by atoms with Gasteiger partial charge in [-0.15, -0.1) is 0 Å². The zero-order valence-corrected chi connectivity index (χ0v) is 11.5. The Morgan fingerprint density at radius 3 is 2.42 bits per heavy atom. The van der Waals surface area contributed by atoms with E-state index in [-0.39, 0.29) is 0 Å². The summed E-state index contributed by atoms with van der Waals surface area (Å²) >= 11 is 3.29. The Morgan fingerprint density at radius 1 is 0.947 bits per heavy atom. The van der Waals surface area contributed by atoms with Crippen molar-refractivity contribution >= 4 is 38.3 Å². The van der Waals surface area contributed by atoms with Crippen molar-refractivity contribution in [1.82, 2.24) is 0 Å². The quantitative estimate of drug-likeness (QED) is 0.717. The highest BCUT2D eigenvalue weighted by Crippen LogP contribution is 2.30. The van der Waals surface area contributed by atoms with Gasteiger partial charge in [-0.3, -0.25) is 0 Å². The van der Waals surface area contributed by atoms with E-state index in [9.17, 15) is 4.79 Å². The van der Waals surface area contributed by atoms with Crippen LogP contribution in [-0.2, 0) is 0 Å². The average molecular weight is 316 g/mol. The summed E-state index contributed by atoms with van der Waals surface area (Å²) in [5.41, 5.74) is 1.81. The minimum absolute atomic E-state index is 0.392. The lowest BCUT2D eigenvalue weighted by molar-refractivity contribution is 0.557. The lowest BCUT2D eigenvalue weighted by Crippen LogP contribution is -2.04. The van der Waals surface area contributed by atoms with Gasteiger partial charge in [0.1, 0.15) is 10.1 Å². The maximum Gasteiger partial charge on any atom is 0.352 e. The molecule has 0 amide bonds. The molecular weight excluding hydrogens is 306 g/mol. The van der Waals surface area contributed by atoms with Gasteiger partial charge in [-0.2, -0.15) is 0 Å². The van der Waals surface area contributed by atoms with Crippen LogP contribution in [0.4, 0.5) is 11.4 Å².